The monoisotopic (exact) mass is 467 g/mol. The van der Waals surface area contributed by atoms with Crippen molar-refractivity contribution in [2.24, 2.45) is 0 Å². The number of ether oxygens (including phenoxy) is 2. The summed E-state index contributed by atoms with van der Waals surface area (Å²) in [5.74, 6) is 1.05. The van der Waals surface area contributed by atoms with Crippen molar-refractivity contribution in [3.05, 3.63) is 41.7 Å². The zero-order valence-corrected chi connectivity index (χ0v) is 19.6. The van der Waals surface area contributed by atoms with E-state index >= 15 is 0 Å². The van der Waals surface area contributed by atoms with Crippen LogP contribution in [0.5, 0.6) is 0 Å². The third-order valence-electron chi connectivity index (χ3n) is 6.73. The molecule has 2 aromatic heterocycles. The van der Waals surface area contributed by atoms with Crippen molar-refractivity contribution in [2.45, 2.75) is 38.5 Å². The molecule has 2 aliphatic heterocycles. The highest BCUT2D eigenvalue weighted by Crippen LogP contribution is 2.31. The van der Waals surface area contributed by atoms with Crippen LogP contribution in [-0.4, -0.2) is 72.2 Å². The fourth-order valence-corrected chi connectivity index (χ4v) is 4.65. The van der Waals surface area contributed by atoms with Crippen LogP contribution >= 0.6 is 0 Å². The van der Waals surface area contributed by atoms with Gasteiger partial charge in [-0.3, -0.25) is 0 Å². The summed E-state index contributed by atoms with van der Waals surface area (Å²) in [4.78, 5) is 19.1. The number of anilines is 2. The van der Waals surface area contributed by atoms with Gasteiger partial charge in [0.15, 0.2) is 5.65 Å². The highest BCUT2D eigenvalue weighted by molar-refractivity contribution is 5.90. The maximum absolute atomic E-state index is 13.9. The Labute approximate surface area is 198 Å². The largest absolute Gasteiger partial charge is 0.392 e. The highest BCUT2D eigenvalue weighted by atomic mass is 19.1. The zero-order valence-electron chi connectivity index (χ0n) is 19.6. The van der Waals surface area contributed by atoms with Crippen LogP contribution in [0, 0.1) is 5.82 Å². The average molecular weight is 468 g/mol. The number of aliphatic hydroxyl groups excluding tert-OH is 1. The van der Waals surface area contributed by atoms with Crippen molar-refractivity contribution in [3.8, 4) is 11.3 Å². The molecule has 4 heterocycles. The van der Waals surface area contributed by atoms with E-state index in [1.807, 2.05) is 19.2 Å². The van der Waals surface area contributed by atoms with Gasteiger partial charge in [0.1, 0.15) is 11.6 Å². The van der Waals surface area contributed by atoms with Gasteiger partial charge in [0.25, 0.3) is 0 Å². The Bertz CT molecular complexity index is 1170. The van der Waals surface area contributed by atoms with E-state index in [1.165, 1.54) is 6.07 Å². The molecule has 1 aromatic carbocycles. The van der Waals surface area contributed by atoms with Gasteiger partial charge in [0.05, 0.1) is 36.9 Å². The van der Waals surface area contributed by atoms with Crippen LogP contribution in [-0.2, 0) is 16.1 Å². The molecule has 2 saturated heterocycles. The van der Waals surface area contributed by atoms with E-state index in [-0.39, 0.29) is 18.2 Å². The number of fused-ring (bicyclic) bond motifs is 1. The van der Waals surface area contributed by atoms with E-state index in [0.29, 0.717) is 36.5 Å². The van der Waals surface area contributed by atoms with Crippen LogP contribution in [0.25, 0.3) is 22.3 Å². The van der Waals surface area contributed by atoms with Crippen molar-refractivity contribution < 1.29 is 19.0 Å². The van der Waals surface area contributed by atoms with Crippen LogP contribution in [0.1, 0.15) is 25.3 Å². The topological polar surface area (TPSA) is 83.8 Å². The summed E-state index contributed by atoms with van der Waals surface area (Å²) in [6, 6.07) is 9.02. The van der Waals surface area contributed by atoms with Gasteiger partial charge < -0.3 is 24.4 Å². The maximum atomic E-state index is 13.9. The van der Waals surface area contributed by atoms with Crippen LogP contribution < -0.4 is 9.80 Å². The lowest BCUT2D eigenvalue weighted by Crippen LogP contribution is -2.44. The average Bonchev–Trinajstić information content (AvgIpc) is 2.88. The number of morpholine rings is 1. The molecular weight excluding hydrogens is 437 g/mol. The maximum Gasteiger partial charge on any atom is 0.229 e. The van der Waals surface area contributed by atoms with Crippen LogP contribution in [0.3, 0.4) is 0 Å². The minimum absolute atomic E-state index is 0.178. The lowest BCUT2D eigenvalue weighted by atomic mass is 10.1. The number of aliphatic hydroxyl groups is 1. The van der Waals surface area contributed by atoms with Gasteiger partial charge in [-0.05, 0) is 50.1 Å². The van der Waals surface area contributed by atoms with Crippen LogP contribution in [0.2, 0.25) is 0 Å². The Morgan fingerprint density at radius 3 is 2.68 bits per heavy atom. The van der Waals surface area contributed by atoms with Crippen LogP contribution in [0.4, 0.5) is 16.2 Å². The standard InChI is InChI=1S/C25H30FN5O3/c1-16-15-34-12-9-31(16)24-20-4-6-22(17-3-5-21(26)18(13-17)14-32)27-23(20)28-25(29-24)30(2)19-7-10-33-11-8-19/h3-6,13,16,19,32H,7-12,14-15H2,1-2H3/t16-/m0/s1. The van der Waals surface area contributed by atoms with Gasteiger partial charge in [-0.2, -0.15) is 9.97 Å². The first-order valence-electron chi connectivity index (χ1n) is 11.8. The first-order valence-corrected chi connectivity index (χ1v) is 11.8. The lowest BCUT2D eigenvalue weighted by Gasteiger charge is -2.36. The SMILES string of the molecule is C[C@H]1COCCN1c1nc(N(C)C2CCOCC2)nc2nc(-c3ccc(F)c(CO)c3)ccc12. The smallest absolute Gasteiger partial charge is 0.229 e. The van der Waals surface area contributed by atoms with E-state index < -0.39 is 5.82 Å². The zero-order chi connectivity index (χ0) is 23.7. The molecule has 2 aliphatic rings. The summed E-state index contributed by atoms with van der Waals surface area (Å²) in [7, 11) is 2.03. The Morgan fingerprint density at radius 2 is 1.91 bits per heavy atom. The van der Waals surface area contributed by atoms with Crippen molar-refractivity contribution in [1.82, 2.24) is 15.0 Å². The summed E-state index contributed by atoms with van der Waals surface area (Å²) >= 11 is 0. The van der Waals surface area contributed by atoms with Gasteiger partial charge in [-0.25, -0.2) is 9.37 Å². The minimum Gasteiger partial charge on any atom is -0.392 e. The molecule has 34 heavy (non-hydrogen) atoms. The highest BCUT2D eigenvalue weighted by Gasteiger charge is 2.27. The molecular formula is C25H30FN5O3. The number of halogens is 1. The van der Waals surface area contributed by atoms with Gasteiger partial charge >= 0.3 is 0 Å². The normalized spacial score (nSPS) is 19.5. The number of aromatic nitrogens is 3. The first-order chi connectivity index (χ1) is 16.5. The van der Waals surface area contributed by atoms with E-state index in [2.05, 4.69) is 16.7 Å². The molecule has 3 aromatic rings. The van der Waals surface area contributed by atoms with Gasteiger partial charge in [0, 0.05) is 44.0 Å². The van der Waals surface area contributed by atoms with E-state index in [4.69, 9.17) is 24.4 Å². The second kappa shape index (κ2) is 9.77. The molecule has 180 valence electrons. The molecule has 0 radical (unpaired) electrons. The summed E-state index contributed by atoms with van der Waals surface area (Å²) in [5, 5.41) is 10.3. The van der Waals surface area contributed by atoms with E-state index in [1.54, 1.807) is 12.1 Å². The second-order valence-electron chi connectivity index (χ2n) is 8.95. The third kappa shape index (κ3) is 4.43. The molecule has 1 N–H and O–H groups in total. The molecule has 0 amide bonds. The van der Waals surface area contributed by atoms with Gasteiger partial charge in [-0.1, -0.05) is 0 Å². The molecule has 0 bridgehead atoms. The van der Waals surface area contributed by atoms with Crippen molar-refractivity contribution >= 4 is 22.8 Å². The number of pyridine rings is 1. The molecule has 0 unspecified atom stereocenters. The molecule has 0 saturated carbocycles. The number of benzene rings is 1. The Morgan fingerprint density at radius 1 is 1.09 bits per heavy atom. The number of hydrogen-bond acceptors (Lipinski definition) is 8. The summed E-state index contributed by atoms with van der Waals surface area (Å²) < 4.78 is 25.1. The molecule has 9 heteroatoms. The van der Waals surface area contributed by atoms with Gasteiger partial charge in [-0.15, -0.1) is 0 Å². The number of rotatable bonds is 5. The fourth-order valence-electron chi connectivity index (χ4n) is 4.65. The second-order valence-corrected chi connectivity index (χ2v) is 8.95. The summed E-state index contributed by atoms with van der Waals surface area (Å²) in [5.41, 5.74) is 2.22. The third-order valence-corrected chi connectivity index (χ3v) is 6.73. The van der Waals surface area contributed by atoms with Crippen molar-refractivity contribution in [1.29, 1.82) is 0 Å². The van der Waals surface area contributed by atoms with Crippen molar-refractivity contribution in [2.75, 3.05) is 49.8 Å². The molecule has 2 fully saturated rings. The molecule has 8 nitrogen and oxygen atoms in total. The van der Waals surface area contributed by atoms with E-state index in [0.717, 1.165) is 49.4 Å². The molecule has 0 aliphatic carbocycles. The predicted octanol–water partition coefficient (Wildman–Crippen LogP) is 3.16. The summed E-state index contributed by atoms with van der Waals surface area (Å²) in [6.07, 6.45) is 1.85. The Kier molecular flexibility index (Phi) is 6.58. The quantitative estimate of drug-likeness (QED) is 0.613. The van der Waals surface area contributed by atoms with Crippen molar-refractivity contribution in [3.63, 3.8) is 0 Å². The summed E-state index contributed by atoms with van der Waals surface area (Å²) in [6.45, 7) is 5.26. The predicted molar refractivity (Wildman–Crippen MR) is 129 cm³/mol. The van der Waals surface area contributed by atoms with Gasteiger partial charge in [0.2, 0.25) is 5.95 Å². The van der Waals surface area contributed by atoms with E-state index in [9.17, 15) is 9.50 Å². The molecule has 0 spiro atoms. The number of hydrogen-bond donors (Lipinski definition) is 1. The Balaban J connectivity index is 1.62. The lowest BCUT2D eigenvalue weighted by molar-refractivity contribution is 0.0852. The van der Waals surface area contributed by atoms with Crippen LogP contribution in [0.15, 0.2) is 30.3 Å². The first kappa shape index (κ1) is 22.9. The number of nitrogens with zero attached hydrogens (tertiary/aromatic N) is 5. The molecule has 5 rings (SSSR count). The Hall–Kier alpha value is -2.88. The molecule has 1 atom stereocenters. The minimum atomic E-state index is -0.432. The fraction of sp³-hybridized carbons (Fsp3) is 0.480.